The highest BCUT2D eigenvalue weighted by atomic mass is 16.6. The molecule has 1 aliphatic heterocycles. The van der Waals surface area contributed by atoms with Crippen LogP contribution in [0.3, 0.4) is 0 Å². The van der Waals surface area contributed by atoms with Crippen molar-refractivity contribution in [1.82, 2.24) is 9.88 Å². The Morgan fingerprint density at radius 2 is 2.08 bits per heavy atom. The number of para-hydroxylation sites is 1. The largest absolute Gasteiger partial charge is 0.471 e. The fraction of sp³-hybridized carbons (Fsp3) is 0.188. The molecule has 0 aliphatic carbocycles. The summed E-state index contributed by atoms with van der Waals surface area (Å²) in [6.45, 7) is 0.652. The molecule has 2 heterocycles. The number of hydrogen-bond acceptors (Lipinski definition) is 6. The molecule has 0 bridgehead atoms. The molecule has 8 heteroatoms. The van der Waals surface area contributed by atoms with Gasteiger partial charge in [-0.15, -0.1) is 0 Å². The molecule has 3 rings (SSSR count). The number of nitriles is 1. The fourth-order valence-corrected chi connectivity index (χ4v) is 2.35. The van der Waals surface area contributed by atoms with E-state index in [1.165, 1.54) is 29.3 Å². The van der Waals surface area contributed by atoms with Crippen LogP contribution in [-0.4, -0.2) is 39.9 Å². The predicted octanol–water partition coefficient (Wildman–Crippen LogP) is 1.76. The lowest BCUT2D eigenvalue weighted by Crippen LogP contribution is -2.56. The SMILES string of the molecule is N#Cc1ccc(OC2CN(C(=O)c3ccccc3[N+](=O)[O-])C2)nc1. The molecule has 0 saturated carbocycles. The average molecular weight is 324 g/mol. The van der Waals surface area contributed by atoms with E-state index < -0.39 is 10.8 Å². The van der Waals surface area contributed by atoms with Crippen molar-refractivity contribution < 1.29 is 14.5 Å². The first-order chi connectivity index (χ1) is 11.6. The molecule has 0 unspecified atom stereocenters. The van der Waals surface area contributed by atoms with Crippen LogP contribution in [0.2, 0.25) is 0 Å². The van der Waals surface area contributed by atoms with Gasteiger partial charge in [0, 0.05) is 18.3 Å². The van der Waals surface area contributed by atoms with Gasteiger partial charge in [-0.2, -0.15) is 5.26 Å². The van der Waals surface area contributed by atoms with E-state index in [9.17, 15) is 14.9 Å². The van der Waals surface area contributed by atoms with E-state index in [4.69, 9.17) is 10.00 Å². The van der Waals surface area contributed by atoms with Gasteiger partial charge in [-0.25, -0.2) is 4.98 Å². The molecule has 1 saturated heterocycles. The third-order valence-corrected chi connectivity index (χ3v) is 3.62. The van der Waals surface area contributed by atoms with Gasteiger partial charge in [0.2, 0.25) is 5.88 Å². The zero-order valence-electron chi connectivity index (χ0n) is 12.5. The number of pyridine rings is 1. The number of nitrogens with zero attached hydrogens (tertiary/aromatic N) is 4. The highest BCUT2D eigenvalue weighted by Gasteiger charge is 2.35. The number of ether oxygens (including phenoxy) is 1. The van der Waals surface area contributed by atoms with Crippen molar-refractivity contribution >= 4 is 11.6 Å². The number of nitro benzene ring substituents is 1. The smallest absolute Gasteiger partial charge is 0.282 e. The Morgan fingerprint density at radius 1 is 1.33 bits per heavy atom. The van der Waals surface area contributed by atoms with Gasteiger partial charge in [0.05, 0.1) is 23.6 Å². The highest BCUT2D eigenvalue weighted by molar-refractivity contribution is 5.98. The number of hydrogen-bond donors (Lipinski definition) is 0. The van der Waals surface area contributed by atoms with E-state index >= 15 is 0 Å². The maximum Gasteiger partial charge on any atom is 0.282 e. The van der Waals surface area contributed by atoms with E-state index in [-0.39, 0.29) is 17.4 Å². The van der Waals surface area contributed by atoms with Crippen molar-refractivity contribution in [3.05, 3.63) is 63.8 Å². The number of aromatic nitrogens is 1. The molecule has 1 aromatic carbocycles. The van der Waals surface area contributed by atoms with Crippen molar-refractivity contribution in [3.8, 4) is 11.9 Å². The van der Waals surface area contributed by atoms with Crippen LogP contribution in [0.1, 0.15) is 15.9 Å². The second-order valence-corrected chi connectivity index (χ2v) is 5.22. The van der Waals surface area contributed by atoms with E-state index in [1.807, 2.05) is 6.07 Å². The molecule has 2 aromatic rings. The fourth-order valence-electron chi connectivity index (χ4n) is 2.35. The number of amides is 1. The molecule has 0 spiro atoms. The lowest BCUT2D eigenvalue weighted by atomic mass is 10.1. The quantitative estimate of drug-likeness (QED) is 0.626. The Hall–Kier alpha value is -3.47. The van der Waals surface area contributed by atoms with Gasteiger partial charge in [0.15, 0.2) is 0 Å². The standard InChI is InChI=1S/C16H12N4O4/c17-7-11-5-6-15(18-8-11)24-12-9-19(10-12)16(21)13-3-1-2-4-14(13)20(22)23/h1-6,8,12H,9-10H2. The summed E-state index contributed by atoms with van der Waals surface area (Å²) in [5, 5.41) is 19.7. The summed E-state index contributed by atoms with van der Waals surface area (Å²) in [6, 6.07) is 11.0. The summed E-state index contributed by atoms with van der Waals surface area (Å²) in [5.74, 6) is -0.0215. The minimum atomic E-state index is -0.568. The lowest BCUT2D eigenvalue weighted by Gasteiger charge is -2.38. The Morgan fingerprint density at radius 3 is 2.71 bits per heavy atom. The third kappa shape index (κ3) is 3.01. The number of rotatable bonds is 4. The summed E-state index contributed by atoms with van der Waals surface area (Å²) in [7, 11) is 0. The normalized spacial score (nSPS) is 13.7. The second kappa shape index (κ2) is 6.34. The molecule has 24 heavy (non-hydrogen) atoms. The molecule has 120 valence electrons. The maximum absolute atomic E-state index is 12.3. The van der Waals surface area contributed by atoms with Crippen molar-refractivity contribution in [2.24, 2.45) is 0 Å². The minimum Gasteiger partial charge on any atom is -0.471 e. The van der Waals surface area contributed by atoms with Gasteiger partial charge in [0.25, 0.3) is 11.6 Å². The minimum absolute atomic E-state index is 0.0671. The van der Waals surface area contributed by atoms with Crippen LogP contribution in [0.15, 0.2) is 42.6 Å². The van der Waals surface area contributed by atoms with Gasteiger partial charge in [0.1, 0.15) is 17.7 Å². The molecule has 1 fully saturated rings. The molecule has 0 N–H and O–H groups in total. The molecule has 1 amide bonds. The maximum atomic E-state index is 12.3. The van der Waals surface area contributed by atoms with Crippen LogP contribution in [0.25, 0.3) is 0 Å². The monoisotopic (exact) mass is 324 g/mol. The van der Waals surface area contributed by atoms with Crippen LogP contribution in [0, 0.1) is 21.4 Å². The van der Waals surface area contributed by atoms with Crippen molar-refractivity contribution in [3.63, 3.8) is 0 Å². The molecule has 0 radical (unpaired) electrons. The van der Waals surface area contributed by atoms with Crippen LogP contribution in [0.5, 0.6) is 5.88 Å². The second-order valence-electron chi connectivity index (χ2n) is 5.22. The van der Waals surface area contributed by atoms with Gasteiger partial charge < -0.3 is 9.64 Å². The van der Waals surface area contributed by atoms with E-state index in [0.717, 1.165) is 0 Å². The first kappa shape index (κ1) is 15.4. The number of carbonyl (C=O) groups is 1. The molecule has 0 atom stereocenters. The summed E-state index contributed by atoms with van der Waals surface area (Å²) >= 11 is 0. The lowest BCUT2D eigenvalue weighted by molar-refractivity contribution is -0.385. The van der Waals surface area contributed by atoms with E-state index in [1.54, 1.807) is 18.2 Å². The summed E-state index contributed by atoms with van der Waals surface area (Å²) in [5.41, 5.74) is 0.294. The molecular formula is C16H12N4O4. The number of nitro groups is 1. The average Bonchev–Trinajstić information content (AvgIpc) is 2.57. The third-order valence-electron chi connectivity index (χ3n) is 3.62. The zero-order chi connectivity index (χ0) is 17.1. The Kier molecular flexibility index (Phi) is 4.07. The number of benzene rings is 1. The molecule has 1 aliphatic rings. The van der Waals surface area contributed by atoms with Gasteiger partial charge in [-0.1, -0.05) is 12.1 Å². The van der Waals surface area contributed by atoms with Crippen LogP contribution < -0.4 is 4.74 Å². The molecule has 1 aromatic heterocycles. The first-order valence-electron chi connectivity index (χ1n) is 7.14. The molecule has 8 nitrogen and oxygen atoms in total. The van der Waals surface area contributed by atoms with Crippen molar-refractivity contribution in [2.75, 3.05) is 13.1 Å². The van der Waals surface area contributed by atoms with Crippen LogP contribution >= 0.6 is 0 Å². The van der Waals surface area contributed by atoms with E-state index in [2.05, 4.69) is 4.98 Å². The first-order valence-corrected chi connectivity index (χ1v) is 7.14. The van der Waals surface area contributed by atoms with Gasteiger partial charge in [-0.05, 0) is 12.1 Å². The Labute approximate surface area is 137 Å². The van der Waals surface area contributed by atoms with Crippen molar-refractivity contribution in [2.45, 2.75) is 6.10 Å². The van der Waals surface area contributed by atoms with Gasteiger partial charge >= 0.3 is 0 Å². The van der Waals surface area contributed by atoms with E-state index in [0.29, 0.717) is 24.5 Å². The highest BCUT2D eigenvalue weighted by Crippen LogP contribution is 2.23. The summed E-state index contributed by atoms with van der Waals surface area (Å²) in [6.07, 6.45) is 1.18. The zero-order valence-corrected chi connectivity index (χ0v) is 12.5. The van der Waals surface area contributed by atoms with Gasteiger partial charge in [-0.3, -0.25) is 14.9 Å². The number of likely N-dealkylation sites (tertiary alicyclic amines) is 1. The van der Waals surface area contributed by atoms with Crippen LogP contribution in [0.4, 0.5) is 5.69 Å². The topological polar surface area (TPSA) is 109 Å². The van der Waals surface area contributed by atoms with Crippen LogP contribution in [-0.2, 0) is 0 Å². The summed E-state index contributed by atoms with van der Waals surface area (Å²) < 4.78 is 5.60. The Balaban J connectivity index is 1.61. The number of carbonyl (C=O) groups excluding carboxylic acids is 1. The predicted molar refractivity (Wildman–Crippen MR) is 82.4 cm³/mol. The summed E-state index contributed by atoms with van der Waals surface area (Å²) in [4.78, 5) is 28.3. The van der Waals surface area contributed by atoms with Crippen molar-refractivity contribution in [1.29, 1.82) is 5.26 Å². The Bertz CT molecular complexity index is 823. The molecular weight excluding hydrogens is 312 g/mol.